The Labute approximate surface area is 156 Å². The number of carbonyl (C=O) groups excluding carboxylic acids is 1. The zero-order valence-corrected chi connectivity index (χ0v) is 15.5. The summed E-state index contributed by atoms with van der Waals surface area (Å²) in [5.41, 5.74) is 1.42. The van der Waals surface area contributed by atoms with E-state index in [4.69, 9.17) is 4.74 Å². The number of benzene rings is 1. The van der Waals surface area contributed by atoms with Gasteiger partial charge in [-0.05, 0) is 42.0 Å². The Morgan fingerprint density at radius 2 is 1.96 bits per heavy atom. The molecule has 1 atom stereocenters. The predicted molar refractivity (Wildman–Crippen MR) is 104 cm³/mol. The van der Waals surface area contributed by atoms with Crippen LogP contribution in [0.4, 0.5) is 11.6 Å². The van der Waals surface area contributed by atoms with Crippen LogP contribution in [0.5, 0.6) is 5.75 Å². The van der Waals surface area contributed by atoms with E-state index in [2.05, 4.69) is 25.8 Å². The lowest BCUT2D eigenvalue weighted by Gasteiger charge is -2.12. The molecule has 9 heteroatoms. The molecule has 0 aliphatic carbocycles. The maximum absolute atomic E-state index is 12.2. The molecule has 0 bridgehead atoms. The number of thiophene rings is 1. The summed E-state index contributed by atoms with van der Waals surface area (Å²) >= 11 is 1.46. The van der Waals surface area contributed by atoms with Crippen LogP contribution in [0.3, 0.4) is 0 Å². The number of ether oxygens (including phenoxy) is 1. The normalized spacial score (nSPS) is 11.6. The fraction of sp³-hybridized carbons (Fsp3) is 0.176. The summed E-state index contributed by atoms with van der Waals surface area (Å²) in [7, 11) is 3.59. The molecule has 3 aromatic rings. The van der Waals surface area contributed by atoms with E-state index in [9.17, 15) is 4.79 Å². The molecule has 7 nitrogen and oxygen atoms in total. The molecule has 2 heterocycles. The van der Waals surface area contributed by atoms with Gasteiger partial charge >= 0.3 is 0 Å². The van der Waals surface area contributed by atoms with Crippen molar-refractivity contribution in [3.8, 4) is 5.75 Å². The fourth-order valence-corrected chi connectivity index (χ4v) is 3.01. The van der Waals surface area contributed by atoms with Gasteiger partial charge in [0.15, 0.2) is 7.85 Å². The van der Waals surface area contributed by atoms with E-state index in [1.165, 1.54) is 11.3 Å². The molecule has 0 aliphatic rings. The van der Waals surface area contributed by atoms with Gasteiger partial charge in [-0.1, -0.05) is 6.07 Å². The molecule has 2 aromatic heterocycles. The van der Waals surface area contributed by atoms with Crippen LogP contribution < -0.4 is 20.1 Å². The van der Waals surface area contributed by atoms with Gasteiger partial charge in [0.1, 0.15) is 11.4 Å². The van der Waals surface area contributed by atoms with Crippen molar-refractivity contribution in [3.63, 3.8) is 0 Å². The van der Waals surface area contributed by atoms with Crippen molar-refractivity contribution in [2.45, 2.75) is 13.0 Å². The number of aromatic nitrogens is 3. The third-order valence-corrected chi connectivity index (χ3v) is 4.68. The van der Waals surface area contributed by atoms with Gasteiger partial charge in [-0.25, -0.2) is 4.98 Å². The number of hydrogen-bond acceptors (Lipinski definition) is 7. The summed E-state index contributed by atoms with van der Waals surface area (Å²) in [6.45, 7) is 1.85. The van der Waals surface area contributed by atoms with Crippen molar-refractivity contribution in [2.24, 2.45) is 0 Å². The van der Waals surface area contributed by atoms with Crippen LogP contribution in [-0.4, -0.2) is 36.0 Å². The summed E-state index contributed by atoms with van der Waals surface area (Å²) < 4.78 is 6.22. The van der Waals surface area contributed by atoms with Gasteiger partial charge < -0.3 is 15.4 Å². The largest absolute Gasteiger partial charge is 0.497 e. The molecule has 0 aliphatic heterocycles. The summed E-state index contributed by atoms with van der Waals surface area (Å²) in [6.07, 6.45) is 1.60. The first-order valence-electron chi connectivity index (χ1n) is 8.03. The number of methoxy groups -OCH3 is 1. The molecule has 0 radical (unpaired) electrons. The summed E-state index contributed by atoms with van der Waals surface area (Å²) in [4.78, 5) is 17.1. The number of rotatable bonds is 6. The van der Waals surface area contributed by atoms with Gasteiger partial charge in [0.25, 0.3) is 5.91 Å². The molecule has 0 saturated carbocycles. The van der Waals surface area contributed by atoms with Crippen LogP contribution in [-0.2, 0) is 0 Å². The average molecular weight is 367 g/mol. The number of hydrogen-bond donors (Lipinski definition) is 2. The molecular weight excluding hydrogens is 349 g/mol. The summed E-state index contributed by atoms with van der Waals surface area (Å²) in [5.74, 6) is 1.03. The highest BCUT2D eigenvalue weighted by Crippen LogP contribution is 2.18. The zero-order valence-electron chi connectivity index (χ0n) is 14.7. The van der Waals surface area contributed by atoms with Crippen LogP contribution in [0.2, 0.25) is 0 Å². The molecule has 1 aromatic carbocycles. The van der Waals surface area contributed by atoms with Gasteiger partial charge in [0, 0.05) is 5.69 Å². The zero-order chi connectivity index (χ0) is 18.5. The lowest BCUT2D eigenvalue weighted by molar-refractivity contribution is 0.0943. The monoisotopic (exact) mass is 367 g/mol. The highest BCUT2D eigenvalue weighted by Gasteiger charge is 2.15. The van der Waals surface area contributed by atoms with Gasteiger partial charge in [0.2, 0.25) is 5.95 Å². The number of amides is 1. The van der Waals surface area contributed by atoms with Gasteiger partial charge in [0.05, 0.1) is 24.2 Å². The van der Waals surface area contributed by atoms with Crippen LogP contribution >= 0.6 is 11.3 Å². The van der Waals surface area contributed by atoms with Crippen molar-refractivity contribution in [3.05, 3.63) is 53.2 Å². The first-order valence-corrected chi connectivity index (χ1v) is 8.85. The number of nitrogens with one attached hydrogen (secondary N) is 2. The van der Waals surface area contributed by atoms with Gasteiger partial charge in [-0.3, -0.25) is 4.79 Å². The Kier molecular flexibility index (Phi) is 5.47. The standard InChI is InChI=1S/C17H18BN5O2S/c1-10(20-16(24)14-7-8-15(18)26-14)13-9-19-17(23-22-13)21-11-3-5-12(25-2)6-4-11/h3-10H,18H2,1-2H3,(H,20,24)(H,19,21,23). The SMILES string of the molecule is Bc1ccc(C(=O)NC(C)c2cnc(Nc3ccc(OC)cc3)nn2)s1. The third kappa shape index (κ3) is 4.37. The Morgan fingerprint density at radius 3 is 2.54 bits per heavy atom. The molecule has 0 fully saturated rings. The maximum Gasteiger partial charge on any atom is 0.261 e. The van der Waals surface area contributed by atoms with E-state index < -0.39 is 0 Å². The van der Waals surface area contributed by atoms with Gasteiger partial charge in [-0.15, -0.1) is 21.5 Å². The second-order valence-electron chi connectivity index (χ2n) is 5.67. The molecule has 2 N–H and O–H groups in total. The molecule has 3 rings (SSSR count). The van der Waals surface area contributed by atoms with Crippen LogP contribution in [0, 0.1) is 0 Å². The highest BCUT2D eigenvalue weighted by atomic mass is 32.1. The molecule has 26 heavy (non-hydrogen) atoms. The lowest BCUT2D eigenvalue weighted by atomic mass is 10.1. The topological polar surface area (TPSA) is 89.0 Å². The van der Waals surface area contributed by atoms with E-state index in [1.54, 1.807) is 13.3 Å². The number of anilines is 2. The van der Waals surface area contributed by atoms with Crippen LogP contribution in [0.15, 0.2) is 42.6 Å². The second kappa shape index (κ2) is 7.96. The molecule has 1 unspecified atom stereocenters. The maximum atomic E-state index is 12.2. The molecule has 0 spiro atoms. The van der Waals surface area contributed by atoms with Crippen LogP contribution in [0.25, 0.3) is 0 Å². The first kappa shape index (κ1) is 17.9. The number of carbonyl (C=O) groups is 1. The molecular formula is C17H18BN5O2S. The Bertz CT molecular complexity index is 883. The van der Waals surface area contributed by atoms with Crippen molar-refractivity contribution in [2.75, 3.05) is 12.4 Å². The average Bonchev–Trinajstić information content (AvgIpc) is 3.09. The minimum atomic E-state index is -0.292. The van der Waals surface area contributed by atoms with Crippen LogP contribution in [0.1, 0.15) is 28.3 Å². The fourth-order valence-electron chi connectivity index (χ4n) is 2.24. The highest BCUT2D eigenvalue weighted by molar-refractivity contribution is 7.21. The summed E-state index contributed by atoms with van der Waals surface area (Å²) in [6, 6.07) is 10.9. The smallest absolute Gasteiger partial charge is 0.261 e. The Balaban J connectivity index is 1.61. The van der Waals surface area contributed by atoms with Crippen molar-refractivity contribution in [1.82, 2.24) is 20.5 Å². The Morgan fingerprint density at radius 1 is 1.19 bits per heavy atom. The third-order valence-electron chi connectivity index (χ3n) is 3.68. The van der Waals surface area contributed by atoms with E-state index in [0.29, 0.717) is 16.5 Å². The van der Waals surface area contributed by atoms with E-state index >= 15 is 0 Å². The predicted octanol–water partition coefficient (Wildman–Crippen LogP) is 1.43. The van der Waals surface area contributed by atoms with Crippen molar-refractivity contribution < 1.29 is 9.53 Å². The van der Waals surface area contributed by atoms with E-state index in [1.807, 2.05) is 51.2 Å². The number of nitrogens with zero attached hydrogens (tertiary/aromatic N) is 3. The van der Waals surface area contributed by atoms with Crippen molar-refractivity contribution >= 4 is 41.5 Å². The van der Waals surface area contributed by atoms with Gasteiger partial charge in [-0.2, -0.15) is 0 Å². The van der Waals surface area contributed by atoms with E-state index in [-0.39, 0.29) is 11.9 Å². The quantitative estimate of drug-likeness (QED) is 0.641. The minimum Gasteiger partial charge on any atom is -0.497 e. The molecule has 0 saturated heterocycles. The summed E-state index contributed by atoms with van der Waals surface area (Å²) in [5, 5.41) is 14.2. The lowest BCUT2D eigenvalue weighted by Crippen LogP contribution is -2.27. The Hall–Kier alpha value is -2.94. The minimum absolute atomic E-state index is 0.127. The van der Waals surface area contributed by atoms with E-state index in [0.717, 1.165) is 16.2 Å². The molecule has 132 valence electrons. The molecule has 1 amide bonds. The first-order chi connectivity index (χ1) is 12.5. The second-order valence-corrected chi connectivity index (χ2v) is 6.95. The van der Waals surface area contributed by atoms with Crippen molar-refractivity contribution in [1.29, 1.82) is 0 Å².